The van der Waals surface area contributed by atoms with Crippen molar-refractivity contribution in [1.82, 2.24) is 14.9 Å². The lowest BCUT2D eigenvalue weighted by Gasteiger charge is -2.50. The number of hydrogen-bond acceptors (Lipinski definition) is 6. The summed E-state index contributed by atoms with van der Waals surface area (Å²) in [5.74, 6) is 2.68. The Bertz CT molecular complexity index is 1410. The Morgan fingerprint density at radius 1 is 1.05 bits per heavy atom. The summed E-state index contributed by atoms with van der Waals surface area (Å²) in [5.41, 5.74) is 4.03. The van der Waals surface area contributed by atoms with Crippen molar-refractivity contribution in [1.29, 1.82) is 0 Å². The highest BCUT2D eigenvalue weighted by Gasteiger charge is 2.42. The van der Waals surface area contributed by atoms with Gasteiger partial charge in [-0.05, 0) is 79.6 Å². The van der Waals surface area contributed by atoms with Crippen LogP contribution >= 0.6 is 17.0 Å². The Labute approximate surface area is 235 Å². The van der Waals surface area contributed by atoms with Crippen LogP contribution in [-0.4, -0.2) is 53.3 Å². The maximum Gasteiger partial charge on any atom is 0.213 e. The normalized spacial score (nSPS) is 22.6. The van der Waals surface area contributed by atoms with Gasteiger partial charge in [0.2, 0.25) is 5.88 Å². The highest BCUT2D eigenvalue weighted by atomic mass is 79.9. The molecule has 3 aliphatic heterocycles. The lowest BCUT2D eigenvalue weighted by atomic mass is 9.73. The molecular formula is C31H36BrN3O3. The summed E-state index contributed by atoms with van der Waals surface area (Å²) in [5, 5.41) is 13.3. The number of aromatic nitrogens is 2. The molecule has 3 aliphatic rings. The molecule has 0 aliphatic carbocycles. The Hall–Kier alpha value is -3.00. The molecule has 5 atom stereocenters. The summed E-state index contributed by atoms with van der Waals surface area (Å²) in [4.78, 5) is 11.2. The number of aliphatic hydroxyl groups is 1. The van der Waals surface area contributed by atoms with Gasteiger partial charge in [0, 0.05) is 35.6 Å². The van der Waals surface area contributed by atoms with E-state index in [2.05, 4.69) is 40.5 Å². The molecule has 4 aromatic rings. The average molecular weight is 579 g/mol. The molecule has 0 spiro atoms. The molecule has 0 radical (unpaired) electrons. The molecule has 0 amide bonds. The first kappa shape index (κ1) is 28.0. The third-order valence-electron chi connectivity index (χ3n) is 7.93. The van der Waals surface area contributed by atoms with Gasteiger partial charge in [-0.2, -0.15) is 0 Å². The SMILES string of the molecule is Br.C=C[C@H]1CN2CC[C@H]1C[C@H]2[C@H](O)c1ccnc2ccc(OC)cc12.COc1cc(C)c2ccccc2n1. The maximum atomic E-state index is 11.2. The summed E-state index contributed by atoms with van der Waals surface area (Å²) >= 11 is 0. The van der Waals surface area contributed by atoms with E-state index >= 15 is 0 Å². The van der Waals surface area contributed by atoms with Gasteiger partial charge in [-0.3, -0.25) is 9.88 Å². The second kappa shape index (κ2) is 12.2. The molecule has 1 unspecified atom stereocenters. The Balaban J connectivity index is 0.000000204. The van der Waals surface area contributed by atoms with Crippen LogP contribution in [0.3, 0.4) is 0 Å². The van der Waals surface area contributed by atoms with E-state index < -0.39 is 6.10 Å². The number of aryl methyl sites for hydroxylation is 1. The minimum absolute atomic E-state index is 0. The van der Waals surface area contributed by atoms with Crippen LogP contribution in [0.1, 0.15) is 30.1 Å². The number of rotatable bonds is 5. The van der Waals surface area contributed by atoms with Gasteiger partial charge in [-0.25, -0.2) is 4.98 Å². The first-order valence-electron chi connectivity index (χ1n) is 12.9. The van der Waals surface area contributed by atoms with Crippen molar-refractivity contribution in [2.45, 2.75) is 31.9 Å². The van der Waals surface area contributed by atoms with Crippen molar-refractivity contribution in [2.24, 2.45) is 11.8 Å². The second-order valence-corrected chi connectivity index (χ2v) is 9.97. The number of fused-ring (bicyclic) bond motifs is 5. The topological polar surface area (TPSA) is 67.7 Å². The number of aliphatic hydroxyl groups excluding tert-OH is 1. The molecule has 7 rings (SSSR count). The van der Waals surface area contributed by atoms with Crippen molar-refractivity contribution in [2.75, 3.05) is 27.3 Å². The highest BCUT2D eigenvalue weighted by Crippen LogP contribution is 2.42. The van der Waals surface area contributed by atoms with Gasteiger partial charge in [0.1, 0.15) is 5.75 Å². The van der Waals surface area contributed by atoms with E-state index in [-0.39, 0.29) is 23.0 Å². The van der Waals surface area contributed by atoms with Gasteiger partial charge in [-0.15, -0.1) is 23.6 Å². The molecule has 2 aromatic heterocycles. The number of hydrogen-bond donors (Lipinski definition) is 1. The largest absolute Gasteiger partial charge is 0.497 e. The average Bonchev–Trinajstić information content (AvgIpc) is 2.96. The van der Waals surface area contributed by atoms with Crippen molar-refractivity contribution in [3.63, 3.8) is 0 Å². The van der Waals surface area contributed by atoms with Gasteiger partial charge in [0.05, 0.1) is 31.4 Å². The minimum Gasteiger partial charge on any atom is -0.497 e. The molecule has 5 heterocycles. The molecule has 38 heavy (non-hydrogen) atoms. The number of para-hydroxylation sites is 1. The Kier molecular flexibility index (Phi) is 9.03. The molecule has 2 bridgehead atoms. The molecule has 200 valence electrons. The summed E-state index contributed by atoms with van der Waals surface area (Å²) in [6.45, 7) is 8.13. The highest BCUT2D eigenvalue weighted by molar-refractivity contribution is 8.93. The number of pyridine rings is 2. The quantitative estimate of drug-likeness (QED) is 0.281. The number of piperidine rings is 3. The van der Waals surface area contributed by atoms with Crippen LogP contribution in [0, 0.1) is 18.8 Å². The van der Waals surface area contributed by atoms with E-state index in [9.17, 15) is 5.11 Å². The predicted octanol–water partition coefficient (Wildman–Crippen LogP) is 6.30. The minimum atomic E-state index is -0.504. The summed E-state index contributed by atoms with van der Waals surface area (Å²) < 4.78 is 10.4. The lowest BCUT2D eigenvalue weighted by molar-refractivity contribution is -0.0444. The number of halogens is 1. The zero-order valence-electron chi connectivity index (χ0n) is 22.2. The number of ether oxygens (including phenoxy) is 2. The molecule has 0 saturated carbocycles. The first-order valence-corrected chi connectivity index (χ1v) is 12.9. The standard InChI is InChI=1S/C20H24N2O2.C11H11NO.BrH/c1-3-13-12-22-9-7-14(13)10-19(22)20(23)16-6-8-21-18-5-4-15(24-2)11-17(16)18;1-8-7-11(13-2)12-10-6-4-3-5-9(8)10;/h3-6,8,11,13-14,19-20,23H,1,7,9-10,12H2,2H3;3-7H,1-2H3;1H/t13-,14-,19-,20+;;/m0../s1. The van der Waals surface area contributed by atoms with Crippen LogP contribution in [0.15, 0.2) is 73.4 Å². The van der Waals surface area contributed by atoms with Gasteiger partial charge in [-0.1, -0.05) is 24.3 Å². The van der Waals surface area contributed by atoms with Gasteiger partial charge < -0.3 is 14.6 Å². The molecule has 2 aromatic carbocycles. The van der Waals surface area contributed by atoms with Crippen molar-refractivity contribution >= 4 is 38.8 Å². The van der Waals surface area contributed by atoms with Crippen molar-refractivity contribution in [3.8, 4) is 11.6 Å². The van der Waals surface area contributed by atoms with Crippen LogP contribution in [0.25, 0.3) is 21.8 Å². The first-order chi connectivity index (χ1) is 18.0. The number of benzene rings is 2. The summed E-state index contributed by atoms with van der Waals surface area (Å²) in [7, 11) is 3.30. The van der Waals surface area contributed by atoms with E-state index in [1.165, 1.54) is 17.4 Å². The van der Waals surface area contributed by atoms with E-state index in [4.69, 9.17) is 9.47 Å². The lowest BCUT2D eigenvalue weighted by Crippen LogP contribution is -2.54. The van der Waals surface area contributed by atoms with Crippen LogP contribution in [0.5, 0.6) is 11.6 Å². The van der Waals surface area contributed by atoms with E-state index in [1.54, 1.807) is 20.4 Å². The monoisotopic (exact) mass is 577 g/mol. The molecule has 1 N–H and O–H groups in total. The zero-order chi connectivity index (χ0) is 25.9. The molecule has 7 heteroatoms. The number of nitrogens with zero attached hydrogens (tertiary/aromatic N) is 3. The van der Waals surface area contributed by atoms with Gasteiger partial charge in [0.25, 0.3) is 0 Å². The molecule has 6 nitrogen and oxygen atoms in total. The van der Waals surface area contributed by atoms with Crippen molar-refractivity contribution in [3.05, 3.63) is 84.6 Å². The van der Waals surface area contributed by atoms with Crippen LogP contribution < -0.4 is 9.47 Å². The third-order valence-corrected chi connectivity index (χ3v) is 7.93. The predicted molar refractivity (Wildman–Crippen MR) is 158 cm³/mol. The second-order valence-electron chi connectivity index (χ2n) is 9.97. The smallest absolute Gasteiger partial charge is 0.213 e. The van der Waals surface area contributed by atoms with E-state index in [0.717, 1.165) is 47.2 Å². The Morgan fingerprint density at radius 3 is 2.58 bits per heavy atom. The van der Waals surface area contributed by atoms with Gasteiger partial charge in [0.15, 0.2) is 0 Å². The number of methoxy groups -OCH3 is 2. The zero-order valence-corrected chi connectivity index (χ0v) is 23.9. The van der Waals surface area contributed by atoms with Crippen LogP contribution in [0.2, 0.25) is 0 Å². The van der Waals surface area contributed by atoms with E-state index in [0.29, 0.717) is 17.7 Å². The molecule has 3 saturated heterocycles. The summed E-state index contributed by atoms with van der Waals surface area (Å²) in [6.07, 6.45) is 5.62. The fraction of sp³-hybridized carbons (Fsp3) is 0.355. The maximum absolute atomic E-state index is 11.2. The fourth-order valence-corrected chi connectivity index (χ4v) is 5.87. The van der Waals surface area contributed by atoms with Crippen LogP contribution in [0.4, 0.5) is 0 Å². The van der Waals surface area contributed by atoms with Gasteiger partial charge >= 0.3 is 0 Å². The van der Waals surface area contributed by atoms with Crippen LogP contribution in [-0.2, 0) is 0 Å². The molecule has 3 fully saturated rings. The molecular weight excluding hydrogens is 542 g/mol. The Morgan fingerprint density at radius 2 is 1.87 bits per heavy atom. The summed E-state index contributed by atoms with van der Waals surface area (Å²) in [6, 6.07) is 18.0. The van der Waals surface area contributed by atoms with E-state index in [1.807, 2.05) is 48.5 Å². The fourth-order valence-electron chi connectivity index (χ4n) is 5.87. The third kappa shape index (κ3) is 5.55. The van der Waals surface area contributed by atoms with Crippen molar-refractivity contribution < 1.29 is 14.6 Å².